The Morgan fingerprint density at radius 2 is 1.73 bits per heavy atom. The van der Waals surface area contributed by atoms with Crippen LogP contribution in [0.2, 0.25) is 0 Å². The number of amides is 1. The number of nitrogens with one attached hydrogen (secondary N) is 1. The van der Waals surface area contributed by atoms with Gasteiger partial charge in [0.2, 0.25) is 5.76 Å². The molecule has 0 aliphatic heterocycles. The van der Waals surface area contributed by atoms with Crippen molar-refractivity contribution in [1.82, 2.24) is 0 Å². The average molecular weight is 403 g/mol. The van der Waals surface area contributed by atoms with Crippen molar-refractivity contribution in [3.05, 3.63) is 78.1 Å². The Morgan fingerprint density at radius 1 is 1.00 bits per heavy atom. The number of carbonyl (C=O) groups excluding carboxylic acids is 2. The van der Waals surface area contributed by atoms with Gasteiger partial charge in [0, 0.05) is 23.7 Å². The van der Waals surface area contributed by atoms with Gasteiger partial charge in [-0.2, -0.15) is 0 Å². The second-order valence-corrected chi connectivity index (χ2v) is 6.94. The Morgan fingerprint density at radius 3 is 2.53 bits per heavy atom. The standard InChI is InChI=1S/C24H21NO5/c1-15(23(26)25-18-12-11-16-7-3-4-8-17(16)13-18)29-24(27)22-20(14-28-2)19-9-5-6-10-21(19)30-22/h3-13,15H,14H2,1-2H3,(H,25,26). The molecule has 1 N–H and O–H groups in total. The number of hydrogen-bond acceptors (Lipinski definition) is 5. The minimum atomic E-state index is -1.01. The van der Waals surface area contributed by atoms with Crippen LogP contribution in [0.15, 0.2) is 71.1 Å². The predicted molar refractivity (Wildman–Crippen MR) is 114 cm³/mol. The third kappa shape index (κ3) is 3.90. The molecule has 0 fully saturated rings. The zero-order valence-corrected chi connectivity index (χ0v) is 16.7. The summed E-state index contributed by atoms with van der Waals surface area (Å²) < 4.78 is 16.3. The van der Waals surface area contributed by atoms with Crippen LogP contribution in [-0.4, -0.2) is 25.1 Å². The fourth-order valence-electron chi connectivity index (χ4n) is 3.33. The molecule has 0 aliphatic rings. The molecular formula is C24H21NO5. The molecule has 6 heteroatoms. The summed E-state index contributed by atoms with van der Waals surface area (Å²) in [6.07, 6.45) is -1.01. The molecule has 0 saturated heterocycles. The van der Waals surface area contributed by atoms with Crippen LogP contribution in [0.5, 0.6) is 0 Å². The lowest BCUT2D eigenvalue weighted by Crippen LogP contribution is -2.30. The van der Waals surface area contributed by atoms with E-state index in [1.807, 2.05) is 60.7 Å². The number of rotatable bonds is 6. The van der Waals surface area contributed by atoms with Crippen molar-refractivity contribution in [3.63, 3.8) is 0 Å². The molecule has 0 bridgehead atoms. The summed E-state index contributed by atoms with van der Waals surface area (Å²) in [6, 6.07) is 20.7. The minimum absolute atomic E-state index is 0.0448. The van der Waals surface area contributed by atoms with Gasteiger partial charge in [0.15, 0.2) is 6.10 Å². The third-order valence-corrected chi connectivity index (χ3v) is 4.84. The van der Waals surface area contributed by atoms with E-state index in [2.05, 4.69) is 5.32 Å². The van der Waals surface area contributed by atoms with Gasteiger partial charge in [0.1, 0.15) is 5.58 Å². The smallest absolute Gasteiger partial charge is 0.375 e. The van der Waals surface area contributed by atoms with Crippen LogP contribution in [0.1, 0.15) is 23.0 Å². The molecule has 3 aromatic carbocycles. The largest absolute Gasteiger partial charge is 0.449 e. The normalized spacial score (nSPS) is 12.1. The van der Waals surface area contributed by atoms with Crippen LogP contribution in [0.3, 0.4) is 0 Å². The van der Waals surface area contributed by atoms with Crippen LogP contribution in [-0.2, 0) is 20.9 Å². The number of furan rings is 1. The summed E-state index contributed by atoms with van der Waals surface area (Å²) >= 11 is 0. The Hall–Kier alpha value is -3.64. The van der Waals surface area contributed by atoms with E-state index in [0.29, 0.717) is 16.8 Å². The summed E-state index contributed by atoms with van der Waals surface area (Å²) in [5.41, 5.74) is 1.79. The summed E-state index contributed by atoms with van der Waals surface area (Å²) in [5.74, 6) is -1.09. The highest BCUT2D eigenvalue weighted by Crippen LogP contribution is 2.27. The SMILES string of the molecule is COCc1c(C(=O)OC(C)C(=O)Nc2ccc3ccccc3c2)oc2ccccc12. The van der Waals surface area contributed by atoms with E-state index < -0.39 is 18.0 Å². The van der Waals surface area contributed by atoms with Crippen LogP contribution in [0.4, 0.5) is 5.69 Å². The summed E-state index contributed by atoms with van der Waals surface area (Å²) in [7, 11) is 1.54. The van der Waals surface area contributed by atoms with Gasteiger partial charge in [-0.3, -0.25) is 4.79 Å². The van der Waals surface area contributed by atoms with E-state index in [4.69, 9.17) is 13.9 Å². The van der Waals surface area contributed by atoms with E-state index >= 15 is 0 Å². The summed E-state index contributed by atoms with van der Waals surface area (Å²) in [4.78, 5) is 25.3. The summed E-state index contributed by atoms with van der Waals surface area (Å²) in [5, 5.41) is 5.64. The molecule has 1 unspecified atom stereocenters. The van der Waals surface area contributed by atoms with Gasteiger partial charge in [-0.25, -0.2) is 4.79 Å². The highest BCUT2D eigenvalue weighted by Gasteiger charge is 2.25. The number of ether oxygens (including phenoxy) is 2. The first-order valence-corrected chi connectivity index (χ1v) is 9.57. The molecule has 30 heavy (non-hydrogen) atoms. The van der Waals surface area contributed by atoms with Gasteiger partial charge >= 0.3 is 5.97 Å². The van der Waals surface area contributed by atoms with E-state index in [9.17, 15) is 9.59 Å². The maximum absolute atomic E-state index is 12.7. The van der Waals surface area contributed by atoms with Crippen molar-refractivity contribution < 1.29 is 23.5 Å². The third-order valence-electron chi connectivity index (χ3n) is 4.84. The lowest BCUT2D eigenvalue weighted by molar-refractivity contribution is -0.123. The van der Waals surface area contributed by atoms with Crippen molar-refractivity contribution in [2.24, 2.45) is 0 Å². The van der Waals surface area contributed by atoms with Gasteiger partial charge in [-0.15, -0.1) is 0 Å². The van der Waals surface area contributed by atoms with E-state index in [1.165, 1.54) is 14.0 Å². The molecule has 0 spiro atoms. The van der Waals surface area contributed by atoms with Gasteiger partial charge < -0.3 is 19.2 Å². The fourth-order valence-corrected chi connectivity index (χ4v) is 3.33. The van der Waals surface area contributed by atoms with E-state index in [1.54, 1.807) is 6.07 Å². The second kappa shape index (κ2) is 8.39. The molecule has 152 valence electrons. The first-order chi connectivity index (χ1) is 14.6. The van der Waals surface area contributed by atoms with Crippen LogP contribution in [0.25, 0.3) is 21.7 Å². The van der Waals surface area contributed by atoms with E-state index in [0.717, 1.165) is 16.2 Å². The molecule has 0 radical (unpaired) electrons. The van der Waals surface area contributed by atoms with Gasteiger partial charge in [0.25, 0.3) is 5.91 Å². The first kappa shape index (κ1) is 19.7. The Balaban J connectivity index is 1.49. The average Bonchev–Trinajstić information content (AvgIpc) is 3.12. The van der Waals surface area contributed by atoms with Crippen LogP contribution >= 0.6 is 0 Å². The molecule has 1 amide bonds. The Kier molecular flexibility index (Phi) is 5.50. The van der Waals surface area contributed by atoms with Crippen LogP contribution in [0, 0.1) is 0 Å². The predicted octanol–water partition coefficient (Wildman–Crippen LogP) is 4.92. The molecule has 0 aliphatic carbocycles. The second-order valence-electron chi connectivity index (χ2n) is 6.94. The van der Waals surface area contributed by atoms with Gasteiger partial charge in [0.05, 0.1) is 6.61 Å². The Bertz CT molecular complexity index is 1230. The van der Waals surface area contributed by atoms with E-state index in [-0.39, 0.29) is 12.4 Å². The molecule has 1 aromatic heterocycles. The monoisotopic (exact) mass is 403 g/mol. The number of hydrogen-bond donors (Lipinski definition) is 1. The first-order valence-electron chi connectivity index (χ1n) is 9.57. The van der Waals surface area contributed by atoms with Gasteiger partial charge in [-0.05, 0) is 35.9 Å². The molecule has 1 atom stereocenters. The number of benzene rings is 3. The highest BCUT2D eigenvalue weighted by atomic mass is 16.6. The zero-order chi connectivity index (χ0) is 21.1. The molecule has 4 rings (SSSR count). The lowest BCUT2D eigenvalue weighted by Gasteiger charge is -2.13. The number of carbonyl (C=O) groups is 2. The number of fused-ring (bicyclic) bond motifs is 2. The number of esters is 1. The number of methoxy groups -OCH3 is 1. The highest BCUT2D eigenvalue weighted by molar-refractivity contribution is 6.00. The maximum atomic E-state index is 12.7. The van der Waals surface area contributed by atoms with Crippen molar-refractivity contribution in [2.75, 3.05) is 12.4 Å². The quantitative estimate of drug-likeness (QED) is 0.463. The molecular weight excluding hydrogens is 382 g/mol. The summed E-state index contributed by atoms with van der Waals surface area (Å²) in [6.45, 7) is 1.71. The minimum Gasteiger partial charge on any atom is -0.449 e. The van der Waals surface area contributed by atoms with Gasteiger partial charge in [-0.1, -0.05) is 48.5 Å². The lowest BCUT2D eigenvalue weighted by atomic mass is 10.1. The van der Waals surface area contributed by atoms with Crippen LogP contribution < -0.4 is 5.32 Å². The molecule has 1 heterocycles. The van der Waals surface area contributed by atoms with Crippen molar-refractivity contribution in [3.8, 4) is 0 Å². The molecule has 0 saturated carbocycles. The van der Waals surface area contributed by atoms with Crippen molar-refractivity contribution >= 4 is 39.3 Å². The Labute approximate surface area is 173 Å². The fraction of sp³-hybridized carbons (Fsp3) is 0.167. The molecule has 6 nitrogen and oxygen atoms in total. The van der Waals surface area contributed by atoms with Crippen molar-refractivity contribution in [2.45, 2.75) is 19.6 Å². The van der Waals surface area contributed by atoms with Crippen molar-refractivity contribution in [1.29, 1.82) is 0 Å². The zero-order valence-electron chi connectivity index (χ0n) is 16.7. The maximum Gasteiger partial charge on any atom is 0.375 e. The number of para-hydroxylation sites is 1. The molecule has 4 aromatic rings. The topological polar surface area (TPSA) is 77.8 Å². The number of anilines is 1.